The minimum Gasteiger partial charge on any atom is -0.493 e. The lowest BCUT2D eigenvalue weighted by Gasteiger charge is -2.11. The number of benzene rings is 1. The lowest BCUT2D eigenvalue weighted by Crippen LogP contribution is -2.14. The molecule has 0 amide bonds. The first-order chi connectivity index (χ1) is 11.5. The number of hydrogen-bond acceptors (Lipinski definition) is 7. The quantitative estimate of drug-likeness (QED) is 0.595. The van der Waals surface area contributed by atoms with Gasteiger partial charge in [0.05, 0.1) is 12.8 Å². The smallest absolute Gasteiger partial charge is 0.341 e. The van der Waals surface area contributed by atoms with Crippen molar-refractivity contribution in [3.63, 3.8) is 0 Å². The van der Waals surface area contributed by atoms with E-state index in [-0.39, 0.29) is 17.0 Å². The van der Waals surface area contributed by atoms with Crippen molar-refractivity contribution in [3.05, 3.63) is 34.1 Å². The Labute approximate surface area is 141 Å². The van der Waals surface area contributed by atoms with Crippen LogP contribution in [0.2, 0.25) is 0 Å². The Morgan fingerprint density at radius 2 is 2.21 bits per heavy atom. The van der Waals surface area contributed by atoms with E-state index in [0.717, 1.165) is 0 Å². The molecule has 0 radical (unpaired) electrons. The van der Waals surface area contributed by atoms with Crippen LogP contribution in [-0.4, -0.2) is 41.0 Å². The molecule has 0 aliphatic heterocycles. The van der Waals surface area contributed by atoms with Gasteiger partial charge in [-0.3, -0.25) is 4.79 Å². The third kappa shape index (κ3) is 3.67. The van der Waals surface area contributed by atoms with Gasteiger partial charge in [-0.15, -0.1) is 0 Å². The molecule has 0 fully saturated rings. The molecule has 24 heavy (non-hydrogen) atoms. The molecular weight excluding hydrogens is 334 g/mol. The summed E-state index contributed by atoms with van der Waals surface area (Å²) >= 11 is 1.23. The van der Waals surface area contributed by atoms with Crippen molar-refractivity contribution in [2.45, 2.75) is 5.16 Å². The van der Waals surface area contributed by atoms with E-state index in [0.29, 0.717) is 16.5 Å². The number of aromatic nitrogens is 2. The van der Waals surface area contributed by atoms with E-state index < -0.39 is 18.1 Å². The molecule has 124 valence electrons. The van der Waals surface area contributed by atoms with Gasteiger partial charge in [0.2, 0.25) is 0 Å². The minimum absolute atomic E-state index is 0.137. The first kappa shape index (κ1) is 17.4. The van der Waals surface area contributed by atoms with Crippen LogP contribution in [0.3, 0.4) is 0 Å². The molecule has 0 saturated carbocycles. The van der Waals surface area contributed by atoms with Crippen LogP contribution in [0.4, 0.5) is 0 Å². The van der Waals surface area contributed by atoms with E-state index in [1.807, 2.05) is 6.07 Å². The molecule has 2 rings (SSSR count). The van der Waals surface area contributed by atoms with E-state index in [9.17, 15) is 14.9 Å². The van der Waals surface area contributed by atoms with Gasteiger partial charge in [0.1, 0.15) is 11.6 Å². The lowest BCUT2D eigenvalue weighted by molar-refractivity contribution is -0.139. The van der Waals surface area contributed by atoms with Crippen LogP contribution >= 0.6 is 11.8 Å². The predicted octanol–water partition coefficient (Wildman–Crippen LogP) is 1.50. The monoisotopic (exact) mass is 347 g/mol. The second-order valence-electron chi connectivity index (χ2n) is 4.46. The predicted molar refractivity (Wildman–Crippen MR) is 86.5 cm³/mol. The van der Waals surface area contributed by atoms with Crippen LogP contribution in [0.25, 0.3) is 11.3 Å². The first-order valence-corrected chi connectivity index (χ1v) is 7.84. The standard InChI is InChI=1S/C15H13N3O5S/c1-22-10-4-3-8(5-11(10)23-7-12(19)20)13-9(6-16)14(21)18-15(17-13)24-2/h3-5H,7H2,1-2H3,(H,19,20)(H,17,18,21). The van der Waals surface area contributed by atoms with E-state index >= 15 is 0 Å². The molecule has 1 aromatic heterocycles. The molecule has 0 aliphatic rings. The molecule has 8 nitrogen and oxygen atoms in total. The summed E-state index contributed by atoms with van der Waals surface area (Å²) in [5, 5.41) is 18.3. The Hall–Kier alpha value is -2.99. The highest BCUT2D eigenvalue weighted by Gasteiger charge is 2.16. The van der Waals surface area contributed by atoms with Crippen LogP contribution in [-0.2, 0) is 4.79 Å². The number of ether oxygens (including phenoxy) is 2. The SMILES string of the molecule is COc1ccc(-c2nc(SC)[nH]c(=O)c2C#N)cc1OCC(=O)O. The summed E-state index contributed by atoms with van der Waals surface area (Å²) in [6.07, 6.45) is 1.74. The number of nitriles is 1. The third-order valence-electron chi connectivity index (χ3n) is 2.99. The van der Waals surface area contributed by atoms with Crippen molar-refractivity contribution in [2.75, 3.05) is 20.0 Å². The van der Waals surface area contributed by atoms with Crippen LogP contribution < -0.4 is 15.0 Å². The van der Waals surface area contributed by atoms with Crippen LogP contribution in [0.1, 0.15) is 5.56 Å². The number of carbonyl (C=O) groups is 1. The summed E-state index contributed by atoms with van der Waals surface area (Å²) in [6, 6.07) is 6.47. The van der Waals surface area contributed by atoms with E-state index in [1.54, 1.807) is 18.4 Å². The fourth-order valence-electron chi connectivity index (χ4n) is 1.94. The Morgan fingerprint density at radius 1 is 1.46 bits per heavy atom. The summed E-state index contributed by atoms with van der Waals surface area (Å²) in [6.45, 7) is -0.552. The zero-order valence-electron chi connectivity index (χ0n) is 12.8. The van der Waals surface area contributed by atoms with Crippen molar-refractivity contribution in [2.24, 2.45) is 0 Å². The summed E-state index contributed by atoms with van der Waals surface area (Å²) in [4.78, 5) is 29.4. The molecular formula is C15H13N3O5S. The number of thioether (sulfide) groups is 1. The average Bonchev–Trinajstić information content (AvgIpc) is 2.58. The largest absolute Gasteiger partial charge is 0.493 e. The highest BCUT2D eigenvalue weighted by molar-refractivity contribution is 7.98. The number of nitrogens with one attached hydrogen (secondary N) is 1. The van der Waals surface area contributed by atoms with Crippen molar-refractivity contribution >= 4 is 17.7 Å². The maximum absolute atomic E-state index is 12.0. The molecule has 0 spiro atoms. The molecule has 2 N–H and O–H groups in total. The fraction of sp³-hybridized carbons (Fsp3) is 0.200. The third-order valence-corrected chi connectivity index (χ3v) is 3.57. The van der Waals surface area contributed by atoms with E-state index in [1.165, 1.54) is 24.9 Å². The number of nitrogens with zero attached hydrogens (tertiary/aromatic N) is 2. The van der Waals surface area contributed by atoms with E-state index in [2.05, 4.69) is 9.97 Å². The molecule has 0 saturated heterocycles. The fourth-order valence-corrected chi connectivity index (χ4v) is 2.32. The van der Waals surface area contributed by atoms with Crippen molar-refractivity contribution in [1.82, 2.24) is 9.97 Å². The molecule has 0 aliphatic carbocycles. The van der Waals surface area contributed by atoms with Gasteiger partial charge in [-0.1, -0.05) is 11.8 Å². The number of hydrogen-bond donors (Lipinski definition) is 2. The lowest BCUT2D eigenvalue weighted by atomic mass is 10.1. The van der Waals surface area contributed by atoms with Gasteiger partial charge in [0.15, 0.2) is 23.3 Å². The molecule has 0 atom stereocenters. The Bertz CT molecular complexity index is 872. The molecule has 0 bridgehead atoms. The van der Waals surface area contributed by atoms with Gasteiger partial charge in [-0.2, -0.15) is 5.26 Å². The van der Waals surface area contributed by atoms with Crippen LogP contribution in [0.15, 0.2) is 28.2 Å². The topological polar surface area (TPSA) is 125 Å². The highest BCUT2D eigenvalue weighted by atomic mass is 32.2. The van der Waals surface area contributed by atoms with Gasteiger partial charge >= 0.3 is 5.97 Å². The first-order valence-electron chi connectivity index (χ1n) is 6.61. The van der Waals surface area contributed by atoms with Crippen molar-refractivity contribution < 1.29 is 19.4 Å². The van der Waals surface area contributed by atoms with Crippen LogP contribution in [0, 0.1) is 11.3 Å². The number of aromatic amines is 1. The maximum Gasteiger partial charge on any atom is 0.341 e. The number of methoxy groups -OCH3 is 1. The zero-order valence-corrected chi connectivity index (χ0v) is 13.6. The number of carboxylic acids is 1. The Balaban J connectivity index is 2.59. The molecule has 2 aromatic rings. The number of aliphatic carboxylic acids is 1. The second-order valence-corrected chi connectivity index (χ2v) is 5.25. The van der Waals surface area contributed by atoms with Gasteiger partial charge in [0.25, 0.3) is 5.56 Å². The van der Waals surface area contributed by atoms with Crippen molar-refractivity contribution in [1.29, 1.82) is 5.26 Å². The minimum atomic E-state index is -1.14. The molecule has 1 aromatic carbocycles. The summed E-state index contributed by atoms with van der Waals surface area (Å²) in [5.41, 5.74) is -0.0552. The highest BCUT2D eigenvalue weighted by Crippen LogP contribution is 2.32. The summed E-state index contributed by atoms with van der Waals surface area (Å²) < 4.78 is 10.3. The number of rotatable bonds is 6. The number of carboxylic acid groups (broad SMARTS) is 1. The van der Waals surface area contributed by atoms with Crippen molar-refractivity contribution in [3.8, 4) is 28.8 Å². The van der Waals surface area contributed by atoms with E-state index in [4.69, 9.17) is 14.6 Å². The zero-order chi connectivity index (χ0) is 17.7. The number of H-pyrrole nitrogens is 1. The van der Waals surface area contributed by atoms with Gasteiger partial charge in [-0.05, 0) is 24.5 Å². The Kier molecular flexibility index (Phi) is 5.44. The second kappa shape index (κ2) is 7.52. The average molecular weight is 347 g/mol. The molecule has 0 unspecified atom stereocenters. The van der Waals surface area contributed by atoms with Crippen LogP contribution in [0.5, 0.6) is 11.5 Å². The van der Waals surface area contributed by atoms with Gasteiger partial charge in [-0.25, -0.2) is 9.78 Å². The summed E-state index contributed by atoms with van der Waals surface area (Å²) in [5.74, 6) is -0.637. The maximum atomic E-state index is 12.0. The van der Waals surface area contributed by atoms with Gasteiger partial charge in [0, 0.05) is 5.56 Å². The molecule has 9 heteroatoms. The Morgan fingerprint density at radius 3 is 2.79 bits per heavy atom. The summed E-state index contributed by atoms with van der Waals surface area (Å²) in [7, 11) is 1.42. The normalized spacial score (nSPS) is 10.0. The van der Waals surface area contributed by atoms with Gasteiger partial charge < -0.3 is 19.6 Å². The molecule has 1 heterocycles.